The second-order valence-corrected chi connectivity index (χ2v) is 24.4. The summed E-state index contributed by atoms with van der Waals surface area (Å²) in [4.78, 5) is 15.2. The molecule has 0 spiro atoms. The lowest BCUT2D eigenvalue weighted by atomic mass is 9.33. The quantitative estimate of drug-likeness (QED) is 0.142. The molecule has 0 unspecified atom stereocenters. The van der Waals surface area contributed by atoms with Gasteiger partial charge in [-0.3, -0.25) is 9.97 Å². The second-order valence-electron chi connectivity index (χ2n) is 24.4. The molecule has 6 heterocycles. The minimum atomic E-state index is -0.381. The molecule has 15 aromatic rings. The average molecular weight is 1150 g/mol. The van der Waals surface area contributed by atoms with E-state index in [0.29, 0.717) is 0 Å². The molecule has 11 aromatic carbocycles. The Morgan fingerprint density at radius 3 is 1.06 bits per heavy atom. The molecular weight excluding hydrogens is 1090 g/mol. The van der Waals surface area contributed by atoms with Crippen molar-refractivity contribution in [3.05, 3.63) is 297 Å². The van der Waals surface area contributed by atoms with Crippen LogP contribution in [0, 0.1) is 11.6 Å². The number of nitrogens with zero attached hydrogens (tertiary/aromatic N) is 6. The van der Waals surface area contributed by atoms with E-state index in [9.17, 15) is 0 Å². The molecule has 0 aliphatic carbocycles. The smallest absolute Gasteiger partial charge is 0.252 e. The van der Waals surface area contributed by atoms with Gasteiger partial charge in [0.25, 0.3) is 6.71 Å². The Labute approximate surface area is 514 Å². The van der Waals surface area contributed by atoms with Gasteiger partial charge in [-0.1, -0.05) is 191 Å². The van der Waals surface area contributed by atoms with Crippen LogP contribution in [0.2, 0.25) is 0 Å². The molecule has 0 N–H and O–H groups in total. The van der Waals surface area contributed by atoms with Crippen LogP contribution in [0.4, 0.5) is 42.9 Å². The van der Waals surface area contributed by atoms with Crippen LogP contribution in [0.1, 0.15) is 26.3 Å². The molecule has 89 heavy (non-hydrogen) atoms. The van der Waals surface area contributed by atoms with Crippen molar-refractivity contribution in [2.45, 2.75) is 26.2 Å². The number of fused-ring (bicyclic) bond motifs is 10. The van der Waals surface area contributed by atoms with Gasteiger partial charge in [-0.2, -0.15) is 0 Å². The molecule has 0 amide bonds. The van der Waals surface area contributed by atoms with Gasteiger partial charge in [0.1, 0.15) is 11.6 Å². The molecule has 0 bridgehead atoms. The van der Waals surface area contributed by atoms with Gasteiger partial charge in [0.15, 0.2) is 0 Å². The summed E-state index contributed by atoms with van der Waals surface area (Å²) >= 11 is 0. The number of halogens is 2. The number of benzene rings is 11. The first-order valence-corrected chi connectivity index (χ1v) is 30.3. The Morgan fingerprint density at radius 2 is 0.685 bits per heavy atom. The highest BCUT2D eigenvalue weighted by Gasteiger charge is 2.46. The minimum absolute atomic E-state index is 0.303. The molecule has 0 radical (unpaired) electrons. The summed E-state index contributed by atoms with van der Waals surface area (Å²) in [5, 5.41) is 4.02. The van der Waals surface area contributed by atoms with E-state index in [2.05, 4.69) is 258 Å². The normalized spacial score (nSPS) is 12.7. The number of rotatable bonds is 8. The molecule has 6 nitrogen and oxygen atoms in total. The Bertz CT molecular complexity index is 4910. The van der Waals surface area contributed by atoms with Crippen molar-refractivity contribution in [2.24, 2.45) is 0 Å². The lowest BCUT2D eigenvalue weighted by molar-refractivity contribution is 0.590. The molecule has 2 aliphatic rings. The molecule has 0 saturated carbocycles. The van der Waals surface area contributed by atoms with Gasteiger partial charge >= 0.3 is 0 Å². The van der Waals surface area contributed by atoms with Crippen LogP contribution in [0.25, 0.3) is 99.5 Å². The fourth-order valence-corrected chi connectivity index (χ4v) is 14.3. The third-order valence-electron chi connectivity index (χ3n) is 18.3. The van der Waals surface area contributed by atoms with Crippen LogP contribution in [0.3, 0.4) is 0 Å². The zero-order valence-corrected chi connectivity index (χ0v) is 49.1. The first-order valence-electron chi connectivity index (χ1n) is 30.3. The van der Waals surface area contributed by atoms with Crippen molar-refractivity contribution < 1.29 is 8.78 Å². The minimum Gasteiger partial charge on any atom is -0.310 e. The van der Waals surface area contributed by atoms with Crippen molar-refractivity contribution in [1.29, 1.82) is 0 Å². The van der Waals surface area contributed by atoms with E-state index >= 15 is 8.78 Å². The fraction of sp³-hybridized carbons (Fsp3) is 0.0500. The lowest BCUT2D eigenvalue weighted by Crippen LogP contribution is -2.61. The topological polar surface area (TPSA) is 42.1 Å². The number of aromatic nitrogens is 4. The van der Waals surface area contributed by atoms with Crippen LogP contribution in [0.15, 0.2) is 280 Å². The molecule has 0 saturated heterocycles. The Balaban J connectivity index is 1.05. The predicted molar refractivity (Wildman–Crippen MR) is 365 cm³/mol. The first-order chi connectivity index (χ1) is 43.6. The molecule has 2 aliphatic heterocycles. The Hall–Kier alpha value is -11.2. The number of hydrogen-bond donors (Lipinski definition) is 0. The zero-order chi connectivity index (χ0) is 59.6. The summed E-state index contributed by atoms with van der Waals surface area (Å²) in [5.41, 5.74) is 23.2. The molecular formula is C80H55BF2N6. The van der Waals surface area contributed by atoms with Crippen LogP contribution >= 0.6 is 0 Å². The Morgan fingerprint density at radius 1 is 0.337 bits per heavy atom. The standard InChI is InChI=1S/C80H55BF2N6/c1-80(2,3)54-40-75-77-76(41-54)89(79-65(52-24-12-6-13-25-52)48-85-49-66(79)53-26-14-7-15-27-53)74-45-58(87-70-31-19-17-29-60(70)62-37-33-56(83)43-72(62)87)35-39-68(74)81(77)67-38-34-57(86-69-30-18-16-28-59(69)61-36-32-55(82)42-71(61)86)44-73(67)88(75)78-63(50-20-8-4-9-21-50)46-84-47-64(78)51-22-10-5-11-23-51/h4-49H,1-3H3. The monoisotopic (exact) mass is 1150 g/mol. The maximum atomic E-state index is 15.8. The highest BCUT2D eigenvalue weighted by atomic mass is 19.1. The van der Waals surface area contributed by atoms with E-state index in [1.165, 1.54) is 0 Å². The van der Waals surface area contributed by atoms with Crippen molar-refractivity contribution >= 4 is 101 Å². The van der Waals surface area contributed by atoms with Crippen LogP contribution in [0.5, 0.6) is 0 Å². The highest BCUT2D eigenvalue weighted by molar-refractivity contribution is 7.00. The fourth-order valence-electron chi connectivity index (χ4n) is 14.3. The molecule has 9 heteroatoms. The van der Waals surface area contributed by atoms with Gasteiger partial charge < -0.3 is 18.9 Å². The lowest BCUT2D eigenvalue weighted by Gasteiger charge is -2.46. The molecule has 0 fully saturated rings. The summed E-state index contributed by atoms with van der Waals surface area (Å²) in [6, 6.07) is 88.0. The predicted octanol–water partition coefficient (Wildman–Crippen LogP) is 19.0. The molecule has 0 atom stereocenters. The van der Waals surface area contributed by atoms with E-state index in [4.69, 9.17) is 9.97 Å². The largest absolute Gasteiger partial charge is 0.310 e. The number of para-hydroxylation sites is 2. The summed E-state index contributed by atoms with van der Waals surface area (Å²) in [5.74, 6) is -0.606. The molecule has 4 aromatic heterocycles. The van der Waals surface area contributed by atoms with E-state index in [1.54, 1.807) is 24.3 Å². The second kappa shape index (κ2) is 20.2. The maximum absolute atomic E-state index is 15.8. The van der Waals surface area contributed by atoms with E-state index < -0.39 is 0 Å². The summed E-state index contributed by atoms with van der Waals surface area (Å²) in [6.45, 7) is 6.56. The summed E-state index contributed by atoms with van der Waals surface area (Å²) in [7, 11) is 0. The van der Waals surface area contributed by atoms with Crippen molar-refractivity contribution in [1.82, 2.24) is 19.1 Å². The van der Waals surface area contributed by atoms with Gasteiger partial charge in [-0.05, 0) is 135 Å². The highest BCUT2D eigenvalue weighted by Crippen LogP contribution is 2.54. The van der Waals surface area contributed by atoms with Gasteiger partial charge in [-0.25, -0.2) is 8.78 Å². The maximum Gasteiger partial charge on any atom is 0.252 e. The molecule has 17 rings (SSSR count). The zero-order valence-electron chi connectivity index (χ0n) is 49.1. The number of pyridine rings is 2. The van der Waals surface area contributed by atoms with Crippen LogP contribution < -0.4 is 26.2 Å². The van der Waals surface area contributed by atoms with Crippen molar-refractivity contribution in [3.8, 4) is 55.9 Å². The summed E-state index contributed by atoms with van der Waals surface area (Å²) < 4.78 is 36.1. The Kier molecular flexibility index (Phi) is 11.9. The molecule has 422 valence electrons. The third-order valence-corrected chi connectivity index (χ3v) is 18.3. The van der Waals surface area contributed by atoms with E-state index in [0.717, 1.165) is 156 Å². The first kappa shape index (κ1) is 52.2. The average Bonchev–Trinajstić information content (AvgIpc) is 1.40. The SMILES string of the molecule is CC(C)(C)c1cc2c3c(c1)N(c1c(-c4ccccc4)cncc1-c1ccccc1)c1cc(-n4c5ccccc5c5ccc(F)cc54)ccc1B3c1ccc(-n3c4ccccc4c4ccc(F)cc43)cc1N2c1c(-c2ccccc2)cncc1-c1ccccc1. The van der Waals surface area contributed by atoms with Gasteiger partial charge in [0.2, 0.25) is 0 Å². The third kappa shape index (κ3) is 8.22. The van der Waals surface area contributed by atoms with Gasteiger partial charge in [-0.15, -0.1) is 0 Å². The van der Waals surface area contributed by atoms with E-state index in [-0.39, 0.29) is 23.8 Å². The van der Waals surface area contributed by atoms with E-state index in [1.807, 2.05) is 36.9 Å². The number of hydrogen-bond acceptors (Lipinski definition) is 4. The van der Waals surface area contributed by atoms with Gasteiger partial charge in [0.05, 0.1) is 33.4 Å². The summed E-state index contributed by atoms with van der Waals surface area (Å²) in [6.07, 6.45) is 8.06. The van der Waals surface area contributed by atoms with Crippen LogP contribution in [-0.4, -0.2) is 25.8 Å². The number of anilines is 6. The van der Waals surface area contributed by atoms with Crippen molar-refractivity contribution in [2.75, 3.05) is 9.80 Å². The van der Waals surface area contributed by atoms with Gasteiger partial charge in [0, 0.05) is 103 Å². The van der Waals surface area contributed by atoms with Crippen LogP contribution in [-0.2, 0) is 5.41 Å². The van der Waals surface area contributed by atoms with Crippen molar-refractivity contribution in [3.63, 3.8) is 0 Å².